The maximum atomic E-state index is 13.0. The number of piperidine rings is 2. The third kappa shape index (κ3) is 9.32. The highest BCUT2D eigenvalue weighted by molar-refractivity contribution is 7.93. The zero-order valence-corrected chi connectivity index (χ0v) is 39.5. The first-order valence-corrected chi connectivity index (χ1v) is 25.2. The van der Waals surface area contributed by atoms with Crippen molar-refractivity contribution in [2.24, 2.45) is 0 Å². The third-order valence-electron chi connectivity index (χ3n) is 11.7. The van der Waals surface area contributed by atoms with Gasteiger partial charge in [-0.3, -0.25) is 19.4 Å². The van der Waals surface area contributed by atoms with Crippen molar-refractivity contribution < 1.29 is 45.4 Å². The predicted octanol–water partition coefficient (Wildman–Crippen LogP) is 8.80. The minimum absolute atomic E-state index is 0.0357. The lowest BCUT2D eigenvalue weighted by atomic mass is 9.99. The lowest BCUT2D eigenvalue weighted by Crippen LogP contribution is -2.43. The van der Waals surface area contributed by atoms with Crippen molar-refractivity contribution in [3.63, 3.8) is 0 Å². The van der Waals surface area contributed by atoms with Gasteiger partial charge in [-0.2, -0.15) is 0 Å². The van der Waals surface area contributed by atoms with Gasteiger partial charge in [-0.15, -0.1) is 0 Å². The van der Waals surface area contributed by atoms with Crippen LogP contribution >= 0.6 is 23.2 Å². The molecule has 0 spiro atoms. The number of fused-ring (bicyclic) bond motifs is 10. The lowest BCUT2D eigenvalue weighted by molar-refractivity contribution is -0.00348. The van der Waals surface area contributed by atoms with E-state index in [-0.39, 0.29) is 33.7 Å². The molecular weight excluding hydrogens is 944 g/mol. The van der Waals surface area contributed by atoms with E-state index in [0.29, 0.717) is 97.0 Å². The Morgan fingerprint density at radius 3 is 1.54 bits per heavy atom. The molecule has 0 aliphatic carbocycles. The Morgan fingerprint density at radius 2 is 1.09 bits per heavy atom. The van der Waals surface area contributed by atoms with Crippen LogP contribution in [-0.2, 0) is 34.3 Å². The van der Waals surface area contributed by atoms with Crippen LogP contribution in [0.15, 0.2) is 95.0 Å². The first-order valence-electron chi connectivity index (χ1n) is 21.5. The number of anilines is 2. The molecule has 20 heteroatoms. The van der Waals surface area contributed by atoms with Gasteiger partial charge in [0.1, 0.15) is 17.8 Å². The van der Waals surface area contributed by atoms with E-state index >= 15 is 0 Å². The molecule has 0 saturated carbocycles. The van der Waals surface area contributed by atoms with Crippen molar-refractivity contribution >= 4 is 94.5 Å². The minimum Gasteiger partial charge on any atom is -0.459 e. The predicted molar refractivity (Wildman–Crippen MR) is 254 cm³/mol. The van der Waals surface area contributed by atoms with Crippen molar-refractivity contribution in [2.45, 2.75) is 74.1 Å². The van der Waals surface area contributed by atoms with Crippen LogP contribution in [-0.4, -0.2) is 93.7 Å². The number of hydrogen-bond acceptors (Lipinski definition) is 13. The molecule has 4 aromatic carbocycles. The van der Waals surface area contributed by atoms with E-state index < -0.39 is 37.6 Å². The molecule has 67 heavy (non-hydrogen) atoms. The normalized spacial score (nSPS) is 17.2. The quantitative estimate of drug-likeness (QED) is 0.111. The fraction of sp³-hybridized carbons (Fsp3) is 0.298. The molecule has 0 radical (unpaired) electrons. The number of likely N-dealkylation sites (tertiary alicyclic amines) is 1. The Balaban J connectivity index is 0.000000171. The van der Waals surface area contributed by atoms with Gasteiger partial charge in [-0.1, -0.05) is 23.2 Å². The number of rotatable bonds is 4. The summed E-state index contributed by atoms with van der Waals surface area (Å²) < 4.78 is 73.7. The van der Waals surface area contributed by atoms with E-state index in [4.69, 9.17) is 37.4 Å². The summed E-state index contributed by atoms with van der Waals surface area (Å²) in [6.07, 6.45) is 4.70. The molecule has 2 saturated heterocycles. The van der Waals surface area contributed by atoms with Gasteiger partial charge in [-0.05, 0) is 119 Å². The number of benzene rings is 4. The number of nitrogens with one attached hydrogen (secondary N) is 3. The number of carbonyl (C=O) groups excluding carboxylic acids is 3. The average Bonchev–Trinajstić information content (AvgIpc) is 3.30. The van der Waals surface area contributed by atoms with Gasteiger partial charge in [0.2, 0.25) is 0 Å². The zero-order chi connectivity index (χ0) is 47.4. The summed E-state index contributed by atoms with van der Waals surface area (Å²) in [7, 11) is -7.71. The number of esters is 2. The summed E-state index contributed by atoms with van der Waals surface area (Å²) in [5.41, 5.74) is 3.33. The van der Waals surface area contributed by atoms with Crippen molar-refractivity contribution in [1.29, 1.82) is 0 Å². The van der Waals surface area contributed by atoms with Crippen LogP contribution in [0.5, 0.6) is 0 Å². The Hall–Kier alpha value is -6.05. The molecule has 4 aliphatic heterocycles. The van der Waals surface area contributed by atoms with Crippen LogP contribution < -0.4 is 14.8 Å². The van der Waals surface area contributed by atoms with E-state index in [2.05, 4.69) is 24.7 Å². The van der Waals surface area contributed by atoms with Crippen LogP contribution in [0.4, 0.5) is 16.2 Å². The SMILES string of the molecule is CC(C)(C)OC(=O)N1CCC(OC(=O)c2ccc3c(c2)-c2cc(Cl)c4cccnc4c2NS3(=O)=O)CC1.O=C(OC1CCNCC1)c1ccc2c(c1)-c1cc(Cl)c3cccnc3c1NS2(=O)=O. The van der Waals surface area contributed by atoms with Crippen LogP contribution in [0.1, 0.15) is 67.2 Å². The van der Waals surface area contributed by atoms with Gasteiger partial charge in [0.05, 0.1) is 53.4 Å². The summed E-state index contributed by atoms with van der Waals surface area (Å²) in [4.78, 5) is 48.4. The summed E-state index contributed by atoms with van der Waals surface area (Å²) in [6, 6.07) is 19.2. The summed E-state index contributed by atoms with van der Waals surface area (Å²) >= 11 is 12.9. The molecule has 0 atom stereocenters. The highest BCUT2D eigenvalue weighted by Gasteiger charge is 2.34. The summed E-state index contributed by atoms with van der Waals surface area (Å²) in [5, 5.41) is 5.35. The number of halogens is 2. The number of aromatic nitrogens is 2. The fourth-order valence-corrected chi connectivity index (χ4v) is 11.6. The molecule has 2 aromatic heterocycles. The number of carbonyl (C=O) groups is 3. The molecule has 10 rings (SSSR count). The smallest absolute Gasteiger partial charge is 0.410 e. The van der Waals surface area contributed by atoms with Crippen LogP contribution in [0, 0.1) is 0 Å². The molecular formula is C47H44Cl2N6O10S2. The van der Waals surface area contributed by atoms with E-state index in [1.807, 2.05) is 20.8 Å². The highest BCUT2D eigenvalue weighted by Crippen LogP contribution is 2.47. The van der Waals surface area contributed by atoms with Crippen LogP contribution in [0.25, 0.3) is 44.1 Å². The molecule has 16 nitrogen and oxygen atoms in total. The van der Waals surface area contributed by atoms with Gasteiger partial charge in [0.25, 0.3) is 20.0 Å². The molecule has 4 aliphatic rings. The average molecular weight is 988 g/mol. The molecule has 6 aromatic rings. The molecule has 1 amide bonds. The molecule has 3 N–H and O–H groups in total. The first-order chi connectivity index (χ1) is 31.9. The Morgan fingerprint density at radius 1 is 0.642 bits per heavy atom. The first kappa shape index (κ1) is 46.1. The van der Waals surface area contributed by atoms with Crippen molar-refractivity contribution in [3.8, 4) is 22.3 Å². The number of sulfonamides is 2. The molecule has 348 valence electrons. The number of amides is 1. The van der Waals surface area contributed by atoms with E-state index in [0.717, 1.165) is 25.9 Å². The van der Waals surface area contributed by atoms with Crippen LogP contribution in [0.3, 0.4) is 0 Å². The summed E-state index contributed by atoms with van der Waals surface area (Å²) in [6.45, 7) is 7.86. The third-order valence-corrected chi connectivity index (χ3v) is 15.1. The summed E-state index contributed by atoms with van der Waals surface area (Å²) in [5.74, 6) is -1.03. The van der Waals surface area contributed by atoms with Gasteiger partial charge in [0.15, 0.2) is 0 Å². The van der Waals surface area contributed by atoms with E-state index in [1.54, 1.807) is 59.8 Å². The topological polar surface area (TPSA) is 212 Å². The van der Waals surface area contributed by atoms with Crippen molar-refractivity contribution in [3.05, 3.63) is 106 Å². The van der Waals surface area contributed by atoms with Crippen molar-refractivity contribution in [1.82, 2.24) is 20.2 Å². The molecule has 0 unspecified atom stereocenters. The maximum absolute atomic E-state index is 13.0. The Kier molecular flexibility index (Phi) is 12.3. The number of pyridine rings is 2. The van der Waals surface area contributed by atoms with Gasteiger partial charge >= 0.3 is 18.0 Å². The Labute approximate surface area is 396 Å². The standard InChI is InChI=1S/C26H26ClN3O6S.C21H18ClN3O4S/c1-26(2,3)36-25(32)30-11-8-16(9-12-30)35-24(31)15-6-7-21-18(13-15)19-14-20(27)17-5-4-10-28-22(17)23(19)29-37(21,33)34;22-17-11-16-15-10-12(21(26)29-13-5-8-23-9-6-13)3-4-18(15)30(27,28)25-20(16)19-14(17)2-1-7-24-19/h4-7,10,13-14,16,29H,8-9,11-12H2,1-3H3;1-4,7,10-11,13,23,25H,5-6,8-9H2. The molecule has 0 bridgehead atoms. The lowest BCUT2D eigenvalue weighted by Gasteiger charge is -2.33. The van der Waals surface area contributed by atoms with Crippen molar-refractivity contribution in [2.75, 3.05) is 35.6 Å². The second kappa shape index (κ2) is 17.9. The number of hydrogen-bond donors (Lipinski definition) is 3. The maximum Gasteiger partial charge on any atom is 0.410 e. The van der Waals surface area contributed by atoms with Gasteiger partial charge in [-0.25, -0.2) is 31.2 Å². The largest absolute Gasteiger partial charge is 0.459 e. The second-order valence-corrected chi connectivity index (χ2v) is 21.5. The van der Waals surface area contributed by atoms with Gasteiger partial charge < -0.3 is 24.4 Å². The van der Waals surface area contributed by atoms with Gasteiger partial charge in [0, 0.05) is 71.4 Å². The number of nitrogens with zero attached hydrogens (tertiary/aromatic N) is 3. The zero-order valence-electron chi connectivity index (χ0n) is 36.4. The minimum atomic E-state index is -3.89. The van der Waals surface area contributed by atoms with E-state index in [9.17, 15) is 31.2 Å². The van der Waals surface area contributed by atoms with E-state index in [1.165, 1.54) is 30.3 Å². The number of ether oxygens (including phenoxy) is 3. The van der Waals surface area contributed by atoms with Crippen LogP contribution in [0.2, 0.25) is 10.0 Å². The highest BCUT2D eigenvalue weighted by atomic mass is 35.5. The second-order valence-electron chi connectivity index (χ2n) is 17.4. The fourth-order valence-electron chi connectivity index (χ4n) is 8.45. The Bertz CT molecular complexity index is 3240. The molecule has 2 fully saturated rings. The monoisotopic (exact) mass is 986 g/mol. The molecule has 6 heterocycles.